The van der Waals surface area contributed by atoms with Gasteiger partial charge in [0.2, 0.25) is 0 Å². The molecule has 11 nitrogen and oxygen atoms in total. The smallest absolute Gasteiger partial charge is 0.345 e. The minimum atomic E-state index is -1.44. The summed E-state index contributed by atoms with van der Waals surface area (Å²) in [5.41, 5.74) is 3.84. The first-order valence-electron chi connectivity index (χ1n) is 14.3. The highest BCUT2D eigenvalue weighted by molar-refractivity contribution is 5.98. The van der Waals surface area contributed by atoms with Crippen molar-refractivity contribution in [3.8, 4) is 28.3 Å². The first-order valence-corrected chi connectivity index (χ1v) is 14.3. The van der Waals surface area contributed by atoms with E-state index in [4.69, 9.17) is 10.2 Å². The summed E-state index contributed by atoms with van der Waals surface area (Å²) >= 11 is 0. The molecule has 0 unspecified atom stereocenters. The fraction of sp³-hybridized carbons (Fsp3) is 0.176. The molecule has 0 radical (unpaired) electrons. The van der Waals surface area contributed by atoms with Gasteiger partial charge in [-0.1, -0.05) is 50.2 Å². The molecule has 0 saturated carbocycles. The van der Waals surface area contributed by atoms with E-state index in [-0.39, 0.29) is 5.56 Å². The number of H-pyrrole nitrogens is 2. The first kappa shape index (κ1) is 30.6. The summed E-state index contributed by atoms with van der Waals surface area (Å²) in [5, 5.41) is 30.4. The van der Waals surface area contributed by atoms with E-state index >= 15 is 0 Å². The Morgan fingerprint density at radius 1 is 0.733 bits per heavy atom. The van der Waals surface area contributed by atoms with Crippen LogP contribution in [0.15, 0.2) is 76.6 Å². The monoisotopic (exact) mass is 608 g/mol. The predicted octanol–water partition coefficient (Wildman–Crippen LogP) is 5.29. The number of fused-ring (bicyclic) bond motifs is 2. The lowest BCUT2D eigenvalue weighted by molar-refractivity contribution is 0.0682. The third-order valence-electron chi connectivity index (χ3n) is 7.92. The van der Waals surface area contributed by atoms with Gasteiger partial charge < -0.3 is 34.4 Å². The highest BCUT2D eigenvalue weighted by atomic mass is 16.4. The number of para-hydroxylation sites is 2. The number of carboxylic acids is 2. The number of hydrogen-bond donors (Lipinski definition) is 5. The average molecular weight is 609 g/mol. The fourth-order valence-electron chi connectivity index (χ4n) is 5.73. The Hall–Kier alpha value is -5.84. The normalized spacial score (nSPS) is 11.0. The zero-order valence-corrected chi connectivity index (χ0v) is 25.1. The molecule has 0 bridgehead atoms. The van der Waals surface area contributed by atoms with Gasteiger partial charge in [-0.05, 0) is 36.6 Å². The number of pyridine rings is 2. The molecule has 0 aliphatic heterocycles. The average Bonchev–Trinajstić information content (AvgIpc) is 3.53. The molecule has 0 aliphatic rings. The van der Waals surface area contributed by atoms with Crippen LogP contribution in [0.1, 0.15) is 45.7 Å². The van der Waals surface area contributed by atoms with Crippen molar-refractivity contribution < 1.29 is 24.9 Å². The second-order valence-corrected chi connectivity index (χ2v) is 10.6. The Bertz CT molecular complexity index is 2230. The molecule has 230 valence electrons. The number of aromatic amines is 2. The van der Waals surface area contributed by atoms with E-state index in [9.17, 15) is 24.3 Å². The zero-order chi connectivity index (χ0) is 32.6. The van der Waals surface area contributed by atoms with Crippen molar-refractivity contribution in [2.45, 2.75) is 26.7 Å². The van der Waals surface area contributed by atoms with Crippen LogP contribution in [0.25, 0.3) is 44.3 Å². The van der Waals surface area contributed by atoms with Crippen molar-refractivity contribution in [1.82, 2.24) is 19.1 Å². The number of nitrogens with one attached hydrogen (secondary N) is 2. The van der Waals surface area contributed by atoms with E-state index in [1.165, 1.54) is 6.07 Å². The number of benzene rings is 2. The molecule has 45 heavy (non-hydrogen) atoms. The second-order valence-electron chi connectivity index (χ2n) is 10.6. The third kappa shape index (κ3) is 5.40. The van der Waals surface area contributed by atoms with Crippen LogP contribution >= 0.6 is 0 Å². The molecule has 0 fully saturated rings. The molecule has 0 atom stereocenters. The SMILES string of the molecule is CCc1c(-c2cn(C)c3ccccc23)[nH]c(=O)c(C(=O)O)c1O.CCc1cc(C(=O)O)c(=O)[nH]c1-c1cn(C)c2ccccc12. The minimum Gasteiger partial charge on any atom is -0.506 e. The van der Waals surface area contributed by atoms with Crippen molar-refractivity contribution >= 4 is 33.7 Å². The molecule has 4 aromatic heterocycles. The maximum absolute atomic E-state index is 12.1. The van der Waals surface area contributed by atoms with Gasteiger partial charge >= 0.3 is 11.9 Å². The first-order chi connectivity index (χ1) is 21.5. The Kier molecular flexibility index (Phi) is 8.19. The van der Waals surface area contributed by atoms with Crippen LogP contribution in [0.2, 0.25) is 0 Å². The molecule has 0 aliphatic carbocycles. The lowest BCUT2D eigenvalue weighted by Crippen LogP contribution is -2.19. The molecular weight excluding hydrogens is 576 g/mol. The molecular formula is C34H32N4O7. The number of carboxylic acid groups (broad SMARTS) is 2. The van der Waals surface area contributed by atoms with Crippen LogP contribution < -0.4 is 11.1 Å². The quantitative estimate of drug-likeness (QED) is 0.171. The van der Waals surface area contributed by atoms with Gasteiger partial charge in [0.1, 0.15) is 11.3 Å². The number of aryl methyl sites for hydroxylation is 3. The molecule has 11 heteroatoms. The van der Waals surface area contributed by atoms with Crippen molar-refractivity contribution in [3.05, 3.63) is 110 Å². The molecule has 2 aromatic carbocycles. The number of carbonyl (C=O) groups is 2. The van der Waals surface area contributed by atoms with Crippen LogP contribution in [-0.2, 0) is 26.9 Å². The van der Waals surface area contributed by atoms with E-state index < -0.39 is 34.4 Å². The van der Waals surface area contributed by atoms with Gasteiger partial charge in [0.25, 0.3) is 11.1 Å². The summed E-state index contributed by atoms with van der Waals surface area (Å²) in [5.74, 6) is -3.12. The summed E-state index contributed by atoms with van der Waals surface area (Å²) in [7, 11) is 3.84. The van der Waals surface area contributed by atoms with Crippen molar-refractivity contribution in [2.75, 3.05) is 0 Å². The highest BCUT2D eigenvalue weighted by Gasteiger charge is 2.23. The standard InChI is InChI=1S/C17H16N2O4.C17H16N2O3/c1-3-9-14(18-16(21)13(15(9)20)17(22)23)11-8-19(2)12-7-5-4-6-10(11)12;1-3-10-8-12(17(21)22)16(20)18-15(10)13-9-19(2)14-7-5-4-6-11(13)14/h4-8H,3H2,1-2H3,(H,22,23)(H2,18,20,21);4-9H,3H2,1-2H3,(H,18,20)(H,21,22). The van der Waals surface area contributed by atoms with Crippen LogP contribution in [-0.4, -0.2) is 46.4 Å². The third-order valence-corrected chi connectivity index (χ3v) is 7.92. The topological polar surface area (TPSA) is 170 Å². The van der Waals surface area contributed by atoms with Crippen LogP contribution in [0.5, 0.6) is 5.75 Å². The summed E-state index contributed by atoms with van der Waals surface area (Å²) in [4.78, 5) is 51.8. The van der Waals surface area contributed by atoms with Gasteiger partial charge in [0.15, 0.2) is 5.56 Å². The van der Waals surface area contributed by atoms with Gasteiger partial charge in [-0.2, -0.15) is 0 Å². The Morgan fingerprint density at radius 3 is 1.73 bits per heavy atom. The zero-order valence-electron chi connectivity index (χ0n) is 25.1. The lowest BCUT2D eigenvalue weighted by atomic mass is 10.00. The molecule has 6 rings (SSSR count). The Labute approximate surface area is 256 Å². The maximum Gasteiger partial charge on any atom is 0.345 e. The maximum atomic E-state index is 12.1. The summed E-state index contributed by atoms with van der Waals surface area (Å²) in [6.07, 6.45) is 4.83. The Balaban J connectivity index is 0.000000178. The number of hydrogen-bond acceptors (Lipinski definition) is 5. The van der Waals surface area contributed by atoms with Gasteiger partial charge in [-0.15, -0.1) is 0 Å². The summed E-state index contributed by atoms with van der Waals surface area (Å²) in [6, 6.07) is 17.1. The number of aromatic hydroxyl groups is 1. The van der Waals surface area contributed by atoms with Gasteiger partial charge in [-0.3, -0.25) is 9.59 Å². The second kappa shape index (κ2) is 12.0. The highest BCUT2D eigenvalue weighted by Crippen LogP contribution is 2.35. The van der Waals surface area contributed by atoms with Gasteiger partial charge in [0.05, 0.1) is 11.4 Å². The van der Waals surface area contributed by atoms with Gasteiger partial charge in [0, 0.05) is 65.0 Å². The van der Waals surface area contributed by atoms with Crippen molar-refractivity contribution in [2.24, 2.45) is 14.1 Å². The number of aromatic nitrogens is 4. The number of aromatic carboxylic acids is 2. The van der Waals surface area contributed by atoms with Gasteiger partial charge in [-0.25, -0.2) is 9.59 Å². The van der Waals surface area contributed by atoms with E-state index in [2.05, 4.69) is 9.97 Å². The lowest BCUT2D eigenvalue weighted by Gasteiger charge is -2.11. The molecule has 0 saturated heterocycles. The van der Waals surface area contributed by atoms with Crippen LogP contribution in [0, 0.1) is 0 Å². The minimum absolute atomic E-state index is 0.221. The summed E-state index contributed by atoms with van der Waals surface area (Å²) in [6.45, 7) is 3.74. The molecule has 5 N–H and O–H groups in total. The van der Waals surface area contributed by atoms with Crippen molar-refractivity contribution in [1.29, 1.82) is 0 Å². The molecule has 6 aromatic rings. The number of nitrogens with zero attached hydrogens (tertiary/aromatic N) is 2. The fourth-order valence-corrected chi connectivity index (χ4v) is 5.73. The number of rotatable bonds is 6. The van der Waals surface area contributed by atoms with Crippen LogP contribution in [0.3, 0.4) is 0 Å². The van der Waals surface area contributed by atoms with E-state index in [1.54, 1.807) is 6.92 Å². The van der Waals surface area contributed by atoms with E-state index in [1.807, 2.05) is 91.1 Å². The van der Waals surface area contributed by atoms with Crippen LogP contribution in [0.4, 0.5) is 0 Å². The summed E-state index contributed by atoms with van der Waals surface area (Å²) < 4.78 is 3.91. The predicted molar refractivity (Wildman–Crippen MR) is 172 cm³/mol. The van der Waals surface area contributed by atoms with E-state index in [0.717, 1.165) is 38.5 Å². The molecule has 0 spiro atoms. The Morgan fingerprint density at radius 2 is 1.24 bits per heavy atom. The van der Waals surface area contributed by atoms with Crippen molar-refractivity contribution in [3.63, 3.8) is 0 Å². The molecule has 4 heterocycles. The molecule has 0 amide bonds. The largest absolute Gasteiger partial charge is 0.506 e. The van der Waals surface area contributed by atoms with E-state index in [0.29, 0.717) is 29.8 Å².